The predicted molar refractivity (Wildman–Crippen MR) is 119 cm³/mol. The van der Waals surface area contributed by atoms with Gasteiger partial charge in [-0.25, -0.2) is 4.98 Å². The number of aromatic nitrogens is 3. The van der Waals surface area contributed by atoms with Crippen molar-refractivity contribution in [2.24, 2.45) is 5.92 Å². The highest BCUT2D eigenvalue weighted by atomic mass is 35.5. The Morgan fingerprint density at radius 1 is 1.29 bits per heavy atom. The number of hydrogen-bond acceptors (Lipinski definition) is 2. The summed E-state index contributed by atoms with van der Waals surface area (Å²) in [5, 5.41) is 0.381. The molecule has 1 aliphatic rings. The van der Waals surface area contributed by atoms with Crippen molar-refractivity contribution in [1.29, 1.82) is 0 Å². The Balaban J connectivity index is 1.99. The fourth-order valence-electron chi connectivity index (χ4n) is 4.07. The van der Waals surface area contributed by atoms with Crippen LogP contribution in [-0.2, 0) is 19.3 Å². The predicted octanol–water partition coefficient (Wildman–Crippen LogP) is 6.73. The number of alkyl halides is 3. The van der Waals surface area contributed by atoms with Crippen LogP contribution in [0.1, 0.15) is 64.8 Å². The lowest BCUT2D eigenvalue weighted by atomic mass is 10.1. The molecule has 0 amide bonds. The lowest BCUT2D eigenvalue weighted by Gasteiger charge is -2.22. The summed E-state index contributed by atoms with van der Waals surface area (Å²) in [6.07, 6.45) is 5.34. The molecule has 0 saturated heterocycles. The van der Waals surface area contributed by atoms with Crippen LogP contribution < -0.4 is 0 Å². The fourth-order valence-corrected chi connectivity index (χ4v) is 4.30. The number of fused-ring (bicyclic) bond motifs is 1. The minimum atomic E-state index is -4.51. The van der Waals surface area contributed by atoms with E-state index < -0.39 is 11.9 Å². The van der Waals surface area contributed by atoms with Gasteiger partial charge in [-0.3, -0.25) is 13.9 Å². The number of rotatable bonds is 10. The van der Waals surface area contributed by atoms with E-state index >= 15 is 0 Å². The molecule has 8 heteroatoms. The molecule has 0 aliphatic heterocycles. The summed E-state index contributed by atoms with van der Waals surface area (Å²) in [5.41, 5.74) is 1.48. The molecule has 3 rings (SSSR count). The first-order valence-corrected chi connectivity index (χ1v) is 11.4. The van der Waals surface area contributed by atoms with Gasteiger partial charge < -0.3 is 0 Å². The molecule has 1 fully saturated rings. The van der Waals surface area contributed by atoms with Crippen LogP contribution in [0.5, 0.6) is 0 Å². The van der Waals surface area contributed by atoms with Gasteiger partial charge in [0.25, 0.3) is 0 Å². The molecule has 0 unspecified atom stereocenters. The Morgan fingerprint density at radius 2 is 2.00 bits per heavy atom. The Hall–Kier alpha value is -1.73. The zero-order valence-corrected chi connectivity index (χ0v) is 19.5. The zero-order chi connectivity index (χ0) is 22.8. The monoisotopic (exact) mass is 456 g/mol. The van der Waals surface area contributed by atoms with Gasteiger partial charge in [0, 0.05) is 25.8 Å². The highest BCUT2D eigenvalue weighted by Gasteiger charge is 2.39. The van der Waals surface area contributed by atoms with E-state index in [1.165, 1.54) is 4.40 Å². The second kappa shape index (κ2) is 9.82. The van der Waals surface area contributed by atoms with Crippen LogP contribution >= 0.6 is 11.6 Å². The average molecular weight is 457 g/mol. The molecule has 0 bridgehead atoms. The quantitative estimate of drug-likeness (QED) is 0.370. The van der Waals surface area contributed by atoms with E-state index in [-0.39, 0.29) is 18.0 Å². The van der Waals surface area contributed by atoms with Crippen LogP contribution in [-0.4, -0.2) is 31.9 Å². The van der Waals surface area contributed by atoms with Crippen molar-refractivity contribution in [1.82, 2.24) is 18.9 Å². The lowest BCUT2D eigenvalue weighted by molar-refractivity contribution is -0.141. The first-order chi connectivity index (χ1) is 14.6. The standard InChI is InChI=1S/C23H32ClF3N4/c1-5-7-16(3)11-17(4)12-31-20(24)15-30-19(21(23(25,26)27)28-22(30)31)14-29(10-6-2)13-18-8-9-18/h7,11,15,18H,5-6,8-10,12-14H2,1-4H3/b16-7-,17-11-. The number of allylic oxidation sites excluding steroid dienone is 4. The van der Waals surface area contributed by atoms with Gasteiger partial charge in [-0.15, -0.1) is 0 Å². The molecule has 0 radical (unpaired) electrons. The summed E-state index contributed by atoms with van der Waals surface area (Å²) in [7, 11) is 0. The number of nitrogens with zero attached hydrogens (tertiary/aromatic N) is 4. The minimum Gasteiger partial charge on any atom is -0.297 e. The maximum atomic E-state index is 13.9. The summed E-state index contributed by atoms with van der Waals surface area (Å²) in [6, 6.07) is 0. The van der Waals surface area contributed by atoms with Gasteiger partial charge in [-0.05, 0) is 52.0 Å². The van der Waals surface area contributed by atoms with E-state index in [1.807, 2.05) is 26.8 Å². The van der Waals surface area contributed by atoms with Gasteiger partial charge in [0.05, 0.1) is 5.69 Å². The Labute approximate surface area is 187 Å². The van der Waals surface area contributed by atoms with E-state index in [4.69, 9.17) is 11.6 Å². The Morgan fingerprint density at radius 3 is 2.58 bits per heavy atom. The molecule has 4 nitrogen and oxygen atoms in total. The van der Waals surface area contributed by atoms with Crippen molar-refractivity contribution < 1.29 is 13.2 Å². The molecule has 1 saturated carbocycles. The first-order valence-electron chi connectivity index (χ1n) is 11.0. The molecule has 0 N–H and O–H groups in total. The van der Waals surface area contributed by atoms with Gasteiger partial charge >= 0.3 is 6.18 Å². The largest absolute Gasteiger partial charge is 0.435 e. The minimum absolute atomic E-state index is 0.168. The summed E-state index contributed by atoms with van der Waals surface area (Å²) >= 11 is 6.45. The smallest absolute Gasteiger partial charge is 0.297 e. The van der Waals surface area contributed by atoms with Crippen molar-refractivity contribution in [3.8, 4) is 0 Å². The molecule has 0 atom stereocenters. The topological polar surface area (TPSA) is 25.5 Å². The zero-order valence-electron chi connectivity index (χ0n) is 18.8. The Kier molecular flexibility index (Phi) is 7.58. The number of hydrogen-bond donors (Lipinski definition) is 0. The van der Waals surface area contributed by atoms with Gasteiger partial charge in [0.2, 0.25) is 5.78 Å². The summed E-state index contributed by atoms with van der Waals surface area (Å²) in [6.45, 7) is 10.3. The summed E-state index contributed by atoms with van der Waals surface area (Å²) < 4.78 is 44.8. The van der Waals surface area contributed by atoms with Crippen LogP contribution in [0.25, 0.3) is 5.78 Å². The molecule has 2 aromatic rings. The van der Waals surface area contributed by atoms with E-state index in [9.17, 15) is 13.2 Å². The van der Waals surface area contributed by atoms with E-state index in [0.717, 1.165) is 49.9 Å². The third kappa shape index (κ3) is 5.95. The van der Waals surface area contributed by atoms with Gasteiger partial charge in [-0.2, -0.15) is 13.2 Å². The maximum absolute atomic E-state index is 13.9. The third-order valence-electron chi connectivity index (χ3n) is 5.53. The number of imidazole rings is 2. The Bertz CT molecular complexity index is 964. The average Bonchev–Trinajstić information content (AvgIpc) is 3.33. The highest BCUT2D eigenvalue weighted by Crippen LogP contribution is 2.35. The summed E-state index contributed by atoms with van der Waals surface area (Å²) in [4.78, 5) is 6.15. The molecular weight excluding hydrogens is 425 g/mol. The van der Waals surface area contributed by atoms with Crippen molar-refractivity contribution in [2.45, 2.75) is 72.6 Å². The highest BCUT2D eigenvalue weighted by molar-refractivity contribution is 6.29. The molecule has 2 aromatic heterocycles. The van der Waals surface area contributed by atoms with Gasteiger partial charge in [-0.1, -0.05) is 48.7 Å². The third-order valence-corrected chi connectivity index (χ3v) is 5.83. The van der Waals surface area contributed by atoms with Crippen LogP contribution in [0.3, 0.4) is 0 Å². The lowest BCUT2D eigenvalue weighted by Crippen LogP contribution is -2.28. The molecule has 0 spiro atoms. The molecule has 0 aromatic carbocycles. The fraction of sp³-hybridized carbons (Fsp3) is 0.609. The van der Waals surface area contributed by atoms with Crippen LogP contribution in [0.15, 0.2) is 29.5 Å². The second-order valence-electron chi connectivity index (χ2n) is 8.64. The van der Waals surface area contributed by atoms with Gasteiger partial charge in [0.1, 0.15) is 5.15 Å². The van der Waals surface area contributed by atoms with E-state index in [1.54, 1.807) is 10.8 Å². The van der Waals surface area contributed by atoms with Crippen molar-refractivity contribution in [3.63, 3.8) is 0 Å². The number of halogens is 4. The maximum Gasteiger partial charge on any atom is 0.435 e. The van der Waals surface area contributed by atoms with Crippen LogP contribution in [0.2, 0.25) is 5.15 Å². The molecule has 2 heterocycles. The second-order valence-corrected chi connectivity index (χ2v) is 9.03. The van der Waals surface area contributed by atoms with E-state index in [2.05, 4.69) is 22.9 Å². The first kappa shape index (κ1) is 23.9. The normalized spacial score (nSPS) is 16.2. The molecule has 31 heavy (non-hydrogen) atoms. The van der Waals surface area contributed by atoms with Crippen LogP contribution in [0.4, 0.5) is 13.2 Å². The van der Waals surface area contributed by atoms with Crippen molar-refractivity contribution >= 4 is 17.4 Å². The van der Waals surface area contributed by atoms with E-state index in [0.29, 0.717) is 17.6 Å². The summed E-state index contributed by atoms with van der Waals surface area (Å²) in [5.74, 6) is 0.838. The molecule has 172 valence electrons. The van der Waals surface area contributed by atoms with Crippen molar-refractivity contribution in [3.05, 3.63) is 46.0 Å². The molecule has 1 aliphatic carbocycles. The van der Waals surface area contributed by atoms with Crippen molar-refractivity contribution in [2.75, 3.05) is 13.1 Å². The van der Waals surface area contributed by atoms with Gasteiger partial charge in [0.15, 0.2) is 5.69 Å². The SMILES string of the molecule is CC/C=C(C)\C=C(\C)Cn1c(Cl)cn2c(CN(CCC)CC3CC3)c(C(F)(F)F)nc12. The molecular formula is C23H32ClF3N4. The van der Waals surface area contributed by atoms with Crippen LogP contribution in [0, 0.1) is 5.92 Å².